The van der Waals surface area contributed by atoms with Gasteiger partial charge in [-0.1, -0.05) is 35.8 Å². The Balaban J connectivity index is 1.45. The molecular formula is C22H23Cl2N5O2. The number of piperazine rings is 1. The molecule has 0 bridgehead atoms. The molecule has 3 aromatic rings. The number of hydrogen-bond acceptors (Lipinski definition) is 5. The minimum absolute atomic E-state index is 0.131. The Hall–Kier alpha value is -2.58. The zero-order chi connectivity index (χ0) is 22.1. The maximum Gasteiger partial charge on any atom is 0.255 e. The molecule has 7 nitrogen and oxygen atoms in total. The number of aromatic nitrogens is 2. The normalized spacial score (nSPS) is 15.8. The van der Waals surface area contributed by atoms with Gasteiger partial charge in [-0.25, -0.2) is 4.98 Å². The zero-order valence-corrected chi connectivity index (χ0v) is 18.5. The lowest BCUT2D eigenvalue weighted by Crippen LogP contribution is -2.47. The molecule has 3 N–H and O–H groups in total. The summed E-state index contributed by atoms with van der Waals surface area (Å²) in [6, 6.07) is 10.7. The standard InChI is InChI=1S/C22H23Cl2N5O2/c1-13(25-14(2)21-26-19-6-4-16(23)12-20(19)27-21)15-3-5-17(18(24)11-15)22(30)28-7-9-29(31)10-8-28/h3-6,11-12,14,25,31H,1,7-10H2,2H3,(H,26,27). The van der Waals surface area contributed by atoms with Crippen LogP contribution < -0.4 is 5.32 Å². The first kappa shape index (κ1) is 21.6. The monoisotopic (exact) mass is 459 g/mol. The van der Waals surface area contributed by atoms with Crippen molar-refractivity contribution in [2.45, 2.75) is 13.0 Å². The molecule has 0 aliphatic carbocycles. The largest absolute Gasteiger partial charge is 0.375 e. The summed E-state index contributed by atoms with van der Waals surface area (Å²) in [5, 5.41) is 15.0. The average Bonchev–Trinajstić information content (AvgIpc) is 3.17. The summed E-state index contributed by atoms with van der Waals surface area (Å²) in [6.45, 7) is 7.86. The lowest BCUT2D eigenvalue weighted by atomic mass is 10.1. The van der Waals surface area contributed by atoms with Crippen LogP contribution in [0.3, 0.4) is 0 Å². The van der Waals surface area contributed by atoms with Gasteiger partial charge >= 0.3 is 0 Å². The number of hydrogen-bond donors (Lipinski definition) is 3. The summed E-state index contributed by atoms with van der Waals surface area (Å²) in [7, 11) is 0. The van der Waals surface area contributed by atoms with E-state index >= 15 is 0 Å². The third kappa shape index (κ3) is 4.70. The second-order valence-electron chi connectivity index (χ2n) is 7.57. The minimum Gasteiger partial charge on any atom is -0.375 e. The van der Waals surface area contributed by atoms with Crippen LogP contribution in [0.2, 0.25) is 10.0 Å². The van der Waals surface area contributed by atoms with E-state index in [4.69, 9.17) is 23.2 Å². The highest BCUT2D eigenvalue weighted by molar-refractivity contribution is 6.34. The van der Waals surface area contributed by atoms with Crippen molar-refractivity contribution in [3.05, 3.63) is 70.0 Å². The minimum atomic E-state index is -0.141. The van der Waals surface area contributed by atoms with Crippen molar-refractivity contribution in [3.8, 4) is 0 Å². The molecule has 0 spiro atoms. The molecule has 1 aliphatic rings. The topological polar surface area (TPSA) is 84.5 Å². The molecule has 2 heterocycles. The molecule has 1 saturated heterocycles. The van der Waals surface area contributed by atoms with Crippen LogP contribution in [0, 0.1) is 0 Å². The first-order chi connectivity index (χ1) is 14.8. The van der Waals surface area contributed by atoms with Crippen molar-refractivity contribution in [1.29, 1.82) is 0 Å². The van der Waals surface area contributed by atoms with E-state index in [1.54, 1.807) is 17.0 Å². The summed E-state index contributed by atoms with van der Waals surface area (Å²) in [5.74, 6) is 0.622. The highest BCUT2D eigenvalue weighted by atomic mass is 35.5. The second kappa shape index (κ2) is 8.88. The van der Waals surface area contributed by atoms with Crippen LogP contribution in [0.15, 0.2) is 43.0 Å². The van der Waals surface area contributed by atoms with Crippen molar-refractivity contribution in [3.63, 3.8) is 0 Å². The summed E-state index contributed by atoms with van der Waals surface area (Å²) in [5.41, 5.74) is 3.60. The second-order valence-corrected chi connectivity index (χ2v) is 8.41. The first-order valence-electron chi connectivity index (χ1n) is 9.95. The molecule has 0 saturated carbocycles. The summed E-state index contributed by atoms with van der Waals surface area (Å²) >= 11 is 12.5. The van der Waals surface area contributed by atoms with Gasteiger partial charge in [0, 0.05) is 36.9 Å². The maximum atomic E-state index is 12.8. The van der Waals surface area contributed by atoms with Gasteiger partial charge in [0.05, 0.1) is 27.7 Å². The van der Waals surface area contributed by atoms with Crippen molar-refractivity contribution < 1.29 is 10.0 Å². The highest BCUT2D eigenvalue weighted by Gasteiger charge is 2.23. The van der Waals surface area contributed by atoms with E-state index < -0.39 is 0 Å². The summed E-state index contributed by atoms with van der Waals surface area (Å²) < 4.78 is 0. The lowest BCUT2D eigenvalue weighted by molar-refractivity contribution is -0.112. The van der Waals surface area contributed by atoms with Crippen LogP contribution >= 0.6 is 23.2 Å². The third-order valence-electron chi connectivity index (χ3n) is 5.36. The Labute approximate surface area is 190 Å². The lowest BCUT2D eigenvalue weighted by Gasteiger charge is -2.31. The van der Waals surface area contributed by atoms with Crippen LogP contribution in [0.25, 0.3) is 16.7 Å². The average molecular weight is 460 g/mol. The molecule has 2 aromatic carbocycles. The number of nitrogens with zero attached hydrogens (tertiary/aromatic N) is 3. The smallest absolute Gasteiger partial charge is 0.255 e. The van der Waals surface area contributed by atoms with Gasteiger partial charge in [-0.05, 0) is 42.8 Å². The molecule has 1 amide bonds. The number of carbonyl (C=O) groups excluding carboxylic acids is 1. The van der Waals surface area contributed by atoms with Crippen molar-refractivity contribution in [1.82, 2.24) is 25.2 Å². The van der Waals surface area contributed by atoms with Crippen LogP contribution in [-0.2, 0) is 0 Å². The fraction of sp³-hybridized carbons (Fsp3) is 0.273. The maximum absolute atomic E-state index is 12.8. The molecule has 1 atom stereocenters. The number of hydroxylamine groups is 2. The van der Waals surface area contributed by atoms with E-state index in [0.29, 0.717) is 47.5 Å². The Morgan fingerprint density at radius 2 is 1.94 bits per heavy atom. The van der Waals surface area contributed by atoms with Gasteiger partial charge in [0.15, 0.2) is 0 Å². The van der Waals surface area contributed by atoms with Crippen LogP contribution in [0.4, 0.5) is 0 Å². The van der Waals surface area contributed by atoms with Gasteiger partial charge < -0.3 is 20.4 Å². The number of amides is 1. The SMILES string of the molecule is C=C(NC(C)c1nc2cc(Cl)ccc2[nH]1)c1ccc(C(=O)N2CCN(O)CC2)c(Cl)c1. The predicted octanol–water partition coefficient (Wildman–Crippen LogP) is 4.34. The number of imidazole rings is 1. The van der Waals surface area contributed by atoms with Crippen LogP contribution in [0.5, 0.6) is 0 Å². The quantitative estimate of drug-likeness (QED) is 0.528. The molecule has 1 aliphatic heterocycles. The molecule has 1 aromatic heterocycles. The summed E-state index contributed by atoms with van der Waals surface area (Å²) in [4.78, 5) is 22.3. The Kier molecular flexibility index (Phi) is 6.20. The fourth-order valence-corrected chi connectivity index (χ4v) is 3.99. The molecular weight excluding hydrogens is 437 g/mol. The number of carbonyl (C=O) groups is 1. The van der Waals surface area contributed by atoms with Crippen molar-refractivity contribution >= 4 is 45.8 Å². The number of nitrogens with one attached hydrogen (secondary N) is 2. The number of halogens is 2. The van der Waals surface area contributed by atoms with E-state index in [0.717, 1.165) is 22.4 Å². The summed E-state index contributed by atoms with van der Waals surface area (Å²) in [6.07, 6.45) is 0. The van der Waals surface area contributed by atoms with Gasteiger partial charge in [0.25, 0.3) is 5.91 Å². The van der Waals surface area contributed by atoms with Gasteiger partial charge in [-0.2, -0.15) is 5.06 Å². The number of aromatic amines is 1. The number of rotatable bonds is 5. The molecule has 1 fully saturated rings. The number of fused-ring (bicyclic) bond motifs is 1. The number of benzene rings is 2. The van der Waals surface area contributed by atoms with E-state index in [9.17, 15) is 10.0 Å². The molecule has 9 heteroatoms. The van der Waals surface area contributed by atoms with E-state index in [1.807, 2.05) is 31.2 Å². The van der Waals surface area contributed by atoms with E-state index in [-0.39, 0.29) is 11.9 Å². The molecule has 31 heavy (non-hydrogen) atoms. The molecule has 1 unspecified atom stereocenters. The first-order valence-corrected chi connectivity index (χ1v) is 10.7. The van der Waals surface area contributed by atoms with Gasteiger partial charge in [-0.15, -0.1) is 0 Å². The van der Waals surface area contributed by atoms with E-state index in [2.05, 4.69) is 21.9 Å². The van der Waals surface area contributed by atoms with E-state index in [1.165, 1.54) is 5.06 Å². The molecule has 0 radical (unpaired) electrons. The predicted molar refractivity (Wildman–Crippen MR) is 122 cm³/mol. The van der Waals surface area contributed by atoms with Crippen LogP contribution in [0.1, 0.15) is 34.7 Å². The Bertz CT molecular complexity index is 1140. The Morgan fingerprint density at radius 1 is 1.19 bits per heavy atom. The molecule has 4 rings (SSSR count). The number of H-pyrrole nitrogens is 1. The van der Waals surface area contributed by atoms with Crippen molar-refractivity contribution in [2.75, 3.05) is 26.2 Å². The van der Waals surface area contributed by atoms with Gasteiger partial charge in [0.1, 0.15) is 5.82 Å². The van der Waals surface area contributed by atoms with Gasteiger partial charge in [-0.3, -0.25) is 4.79 Å². The molecule has 162 valence electrons. The van der Waals surface area contributed by atoms with Crippen molar-refractivity contribution in [2.24, 2.45) is 0 Å². The Morgan fingerprint density at radius 3 is 2.65 bits per heavy atom. The zero-order valence-electron chi connectivity index (χ0n) is 17.0. The fourth-order valence-electron chi connectivity index (χ4n) is 3.56. The van der Waals surface area contributed by atoms with Crippen LogP contribution in [-0.4, -0.2) is 57.2 Å². The third-order valence-corrected chi connectivity index (χ3v) is 5.90. The highest BCUT2D eigenvalue weighted by Crippen LogP contribution is 2.25. The van der Waals surface area contributed by atoms with Gasteiger partial charge in [0.2, 0.25) is 0 Å².